The van der Waals surface area contributed by atoms with Crippen LogP contribution in [0, 0.1) is 17.2 Å². The third-order valence-electron chi connectivity index (χ3n) is 4.00. The Morgan fingerprint density at radius 3 is 3.09 bits per heavy atom. The number of rotatable bonds is 6. The number of benzene rings is 1. The predicted octanol–water partition coefficient (Wildman–Crippen LogP) is 1.53. The summed E-state index contributed by atoms with van der Waals surface area (Å²) in [6.07, 6.45) is 2.25. The molecule has 1 N–H and O–H groups in total. The van der Waals surface area contributed by atoms with Gasteiger partial charge in [0.1, 0.15) is 6.61 Å². The predicted molar refractivity (Wildman–Crippen MR) is 84.0 cm³/mol. The molecule has 0 aromatic heterocycles. The molecule has 5 nitrogen and oxygen atoms in total. The highest BCUT2D eigenvalue weighted by atomic mass is 16.5. The fraction of sp³-hybridized carbons (Fsp3) is 0.529. The molecule has 5 heteroatoms. The molecule has 22 heavy (non-hydrogen) atoms. The molecule has 0 aliphatic carbocycles. The molecule has 1 atom stereocenters. The van der Waals surface area contributed by atoms with E-state index in [1.807, 2.05) is 24.3 Å². The van der Waals surface area contributed by atoms with Crippen molar-refractivity contribution >= 4 is 5.91 Å². The number of nitrogens with one attached hydrogen (secondary N) is 1. The van der Waals surface area contributed by atoms with E-state index in [0.717, 1.165) is 43.6 Å². The van der Waals surface area contributed by atoms with Crippen molar-refractivity contribution < 1.29 is 9.53 Å². The smallest absolute Gasteiger partial charge is 0.245 e. The number of piperidine rings is 1. The van der Waals surface area contributed by atoms with Gasteiger partial charge >= 0.3 is 0 Å². The van der Waals surface area contributed by atoms with Gasteiger partial charge < -0.3 is 10.1 Å². The Labute approximate surface area is 131 Å². The Morgan fingerprint density at radius 2 is 2.32 bits per heavy atom. The molecule has 1 amide bonds. The van der Waals surface area contributed by atoms with Crippen molar-refractivity contribution in [2.45, 2.75) is 19.4 Å². The van der Waals surface area contributed by atoms with Crippen LogP contribution in [0.2, 0.25) is 0 Å². The van der Waals surface area contributed by atoms with Crippen LogP contribution in [0.25, 0.3) is 0 Å². The minimum atomic E-state index is -0.0607. The van der Waals surface area contributed by atoms with Crippen LogP contribution in [-0.2, 0) is 16.1 Å². The molecule has 0 radical (unpaired) electrons. The number of amides is 1. The number of likely N-dealkylation sites (tertiary alicyclic amines) is 1. The maximum atomic E-state index is 11.5. The number of hydrogen-bond acceptors (Lipinski definition) is 4. The zero-order valence-corrected chi connectivity index (χ0v) is 13.0. The molecule has 1 fully saturated rings. The molecule has 1 aliphatic heterocycles. The monoisotopic (exact) mass is 301 g/mol. The van der Waals surface area contributed by atoms with E-state index >= 15 is 0 Å². The van der Waals surface area contributed by atoms with Gasteiger partial charge in [-0.25, -0.2) is 0 Å². The number of nitriles is 1. The topological polar surface area (TPSA) is 65.4 Å². The molecule has 1 aromatic carbocycles. The first-order chi connectivity index (χ1) is 10.7. The van der Waals surface area contributed by atoms with Crippen molar-refractivity contribution in [3.05, 3.63) is 35.4 Å². The van der Waals surface area contributed by atoms with Crippen LogP contribution in [0.4, 0.5) is 0 Å². The van der Waals surface area contributed by atoms with Crippen LogP contribution in [0.3, 0.4) is 0 Å². The van der Waals surface area contributed by atoms with Gasteiger partial charge in [0.25, 0.3) is 0 Å². The van der Waals surface area contributed by atoms with Gasteiger partial charge in [0, 0.05) is 26.7 Å². The maximum absolute atomic E-state index is 11.5. The number of ether oxygens (including phenoxy) is 1. The Hall–Kier alpha value is -1.90. The van der Waals surface area contributed by atoms with E-state index in [0.29, 0.717) is 12.5 Å². The molecule has 1 aliphatic rings. The molecule has 118 valence electrons. The van der Waals surface area contributed by atoms with Crippen LogP contribution in [0.15, 0.2) is 24.3 Å². The molecule has 1 saturated heterocycles. The quantitative estimate of drug-likeness (QED) is 0.865. The van der Waals surface area contributed by atoms with E-state index in [4.69, 9.17) is 10.00 Å². The summed E-state index contributed by atoms with van der Waals surface area (Å²) >= 11 is 0. The van der Waals surface area contributed by atoms with Crippen molar-refractivity contribution in [1.82, 2.24) is 10.2 Å². The summed E-state index contributed by atoms with van der Waals surface area (Å²) in [6, 6.07) is 10.0. The second kappa shape index (κ2) is 8.52. The zero-order chi connectivity index (χ0) is 15.8. The largest absolute Gasteiger partial charge is 0.375 e. The van der Waals surface area contributed by atoms with Crippen LogP contribution >= 0.6 is 0 Å². The summed E-state index contributed by atoms with van der Waals surface area (Å²) < 4.78 is 4.82. The lowest BCUT2D eigenvalue weighted by atomic mass is 9.97. The molecule has 1 aromatic rings. The number of carbonyl (C=O) groups excluding carboxylic acids is 1. The molecule has 0 saturated carbocycles. The Balaban J connectivity index is 1.85. The molecule has 2 rings (SSSR count). The zero-order valence-electron chi connectivity index (χ0n) is 13.0. The highest BCUT2D eigenvalue weighted by Crippen LogP contribution is 2.19. The first-order valence-corrected chi connectivity index (χ1v) is 7.69. The number of hydrogen-bond donors (Lipinski definition) is 1. The molecule has 0 bridgehead atoms. The lowest BCUT2D eigenvalue weighted by molar-refractivity contribution is -0.125. The minimum absolute atomic E-state index is 0.0607. The van der Waals surface area contributed by atoms with Gasteiger partial charge in [0.2, 0.25) is 5.91 Å². The highest BCUT2D eigenvalue weighted by molar-refractivity contribution is 5.77. The normalized spacial score (nSPS) is 18.6. The average Bonchev–Trinajstić information content (AvgIpc) is 2.54. The van der Waals surface area contributed by atoms with E-state index in [1.54, 1.807) is 0 Å². The Morgan fingerprint density at radius 1 is 1.50 bits per heavy atom. The fourth-order valence-electron chi connectivity index (χ4n) is 2.91. The third kappa shape index (κ3) is 4.83. The van der Waals surface area contributed by atoms with Crippen LogP contribution in [0.1, 0.15) is 24.0 Å². The van der Waals surface area contributed by atoms with Crippen molar-refractivity contribution in [2.75, 3.05) is 33.4 Å². The van der Waals surface area contributed by atoms with Gasteiger partial charge in [0.15, 0.2) is 0 Å². The second-order valence-corrected chi connectivity index (χ2v) is 5.75. The van der Waals surface area contributed by atoms with E-state index in [2.05, 4.69) is 16.3 Å². The standard InChI is InChI=1S/C17H23N3O2/c1-22-13-17(21)19-10-14-5-4-8-20(11-14)12-16-7-3-2-6-15(16)9-18/h2-3,6-7,14H,4-5,8,10-13H2,1H3,(H,19,21). The second-order valence-electron chi connectivity index (χ2n) is 5.75. The van der Waals surface area contributed by atoms with Gasteiger partial charge in [0.05, 0.1) is 11.6 Å². The van der Waals surface area contributed by atoms with E-state index in [-0.39, 0.29) is 12.5 Å². The maximum Gasteiger partial charge on any atom is 0.245 e. The third-order valence-corrected chi connectivity index (χ3v) is 4.00. The SMILES string of the molecule is COCC(=O)NCC1CCCN(Cc2ccccc2C#N)C1. The molecule has 0 spiro atoms. The van der Waals surface area contributed by atoms with Gasteiger partial charge in [-0.15, -0.1) is 0 Å². The number of methoxy groups -OCH3 is 1. The van der Waals surface area contributed by atoms with Crippen molar-refractivity contribution in [2.24, 2.45) is 5.92 Å². The van der Waals surface area contributed by atoms with Crippen LogP contribution in [0.5, 0.6) is 0 Å². The summed E-state index contributed by atoms with van der Waals surface area (Å²) in [6.45, 7) is 3.60. The average molecular weight is 301 g/mol. The summed E-state index contributed by atoms with van der Waals surface area (Å²) in [4.78, 5) is 13.8. The molecular formula is C17H23N3O2. The van der Waals surface area contributed by atoms with Gasteiger partial charge in [-0.2, -0.15) is 5.26 Å². The molecule has 1 heterocycles. The van der Waals surface area contributed by atoms with E-state index in [1.165, 1.54) is 7.11 Å². The van der Waals surface area contributed by atoms with Crippen molar-refractivity contribution in [1.29, 1.82) is 5.26 Å². The summed E-state index contributed by atoms with van der Waals surface area (Å²) in [5.41, 5.74) is 1.83. The summed E-state index contributed by atoms with van der Waals surface area (Å²) in [7, 11) is 1.52. The van der Waals surface area contributed by atoms with Crippen LogP contribution in [-0.4, -0.2) is 44.2 Å². The lowest BCUT2D eigenvalue weighted by Gasteiger charge is -2.33. The minimum Gasteiger partial charge on any atom is -0.375 e. The Bertz CT molecular complexity index is 539. The number of carbonyl (C=O) groups is 1. The van der Waals surface area contributed by atoms with Gasteiger partial charge in [-0.3, -0.25) is 9.69 Å². The number of nitrogens with zero attached hydrogens (tertiary/aromatic N) is 2. The highest BCUT2D eigenvalue weighted by Gasteiger charge is 2.21. The van der Waals surface area contributed by atoms with Crippen molar-refractivity contribution in [3.8, 4) is 6.07 Å². The van der Waals surface area contributed by atoms with E-state index in [9.17, 15) is 4.79 Å². The Kier molecular flexibility index (Phi) is 6.38. The molecular weight excluding hydrogens is 278 g/mol. The first kappa shape index (κ1) is 16.5. The first-order valence-electron chi connectivity index (χ1n) is 7.69. The van der Waals surface area contributed by atoms with Crippen molar-refractivity contribution in [3.63, 3.8) is 0 Å². The van der Waals surface area contributed by atoms with Crippen LogP contribution < -0.4 is 5.32 Å². The van der Waals surface area contributed by atoms with Gasteiger partial charge in [-0.1, -0.05) is 18.2 Å². The van der Waals surface area contributed by atoms with Gasteiger partial charge in [-0.05, 0) is 36.9 Å². The lowest BCUT2D eigenvalue weighted by Crippen LogP contribution is -2.41. The summed E-state index contributed by atoms with van der Waals surface area (Å²) in [5, 5.41) is 12.1. The van der Waals surface area contributed by atoms with E-state index < -0.39 is 0 Å². The summed E-state index contributed by atoms with van der Waals surface area (Å²) in [5.74, 6) is 0.401. The fourth-order valence-corrected chi connectivity index (χ4v) is 2.91. The molecule has 1 unspecified atom stereocenters.